The third-order valence-electron chi connectivity index (χ3n) is 5.41. The van der Waals surface area contributed by atoms with Crippen LogP contribution in [-0.4, -0.2) is 27.9 Å². The minimum atomic E-state index is -0.550. The van der Waals surface area contributed by atoms with E-state index in [1.165, 1.54) is 12.1 Å². The zero-order valence-electron chi connectivity index (χ0n) is 18.9. The Hall–Kier alpha value is -3.43. The highest BCUT2D eigenvalue weighted by molar-refractivity contribution is 5.72. The van der Waals surface area contributed by atoms with E-state index in [1.54, 1.807) is 13.2 Å². The lowest BCUT2D eigenvalue weighted by Gasteiger charge is -2.39. The molecule has 0 aliphatic carbocycles. The lowest BCUT2D eigenvalue weighted by molar-refractivity contribution is -0.100. The topological polar surface area (TPSA) is 60.1 Å². The fraction of sp³-hybridized carbons (Fsp3) is 0.308. The molecular weight excluding hydrogens is 405 g/mol. The van der Waals surface area contributed by atoms with E-state index in [2.05, 4.69) is 19.9 Å². The van der Waals surface area contributed by atoms with Crippen LogP contribution >= 0.6 is 0 Å². The number of benzene rings is 2. The van der Waals surface area contributed by atoms with Crippen LogP contribution in [0.2, 0.25) is 0 Å². The van der Waals surface area contributed by atoms with Gasteiger partial charge in [0.2, 0.25) is 0 Å². The van der Waals surface area contributed by atoms with Gasteiger partial charge in [-0.2, -0.15) is 5.26 Å². The number of methoxy groups -OCH3 is 1. The third-order valence-corrected chi connectivity index (χ3v) is 5.41. The molecule has 6 heteroatoms. The summed E-state index contributed by atoms with van der Waals surface area (Å²) in [5.74, 6) is 0.775. The largest absolute Gasteiger partial charge is 0.496 e. The number of aromatic nitrogens is 2. The van der Waals surface area contributed by atoms with Crippen molar-refractivity contribution in [3.8, 4) is 28.9 Å². The second kappa shape index (κ2) is 7.92. The Kier molecular flexibility index (Phi) is 5.39. The lowest BCUT2D eigenvalue weighted by atomic mass is 9.88. The van der Waals surface area contributed by atoms with Crippen molar-refractivity contribution in [1.82, 2.24) is 9.55 Å². The molecule has 32 heavy (non-hydrogen) atoms. The molecular formula is C26H26FN3O2. The Morgan fingerprint density at radius 3 is 2.59 bits per heavy atom. The van der Waals surface area contributed by atoms with Crippen molar-refractivity contribution in [3.05, 3.63) is 71.8 Å². The van der Waals surface area contributed by atoms with Crippen LogP contribution in [0.4, 0.5) is 4.39 Å². The van der Waals surface area contributed by atoms with Crippen molar-refractivity contribution in [2.24, 2.45) is 0 Å². The SMILES string of the molecule is COc1ccccc1-c1nc(C2=CC(C)(C)OC(C)(C)C2)cn1-c1ccc(F)c(C#N)c1. The van der Waals surface area contributed by atoms with Crippen LogP contribution < -0.4 is 4.74 Å². The second-order valence-corrected chi connectivity index (χ2v) is 9.11. The van der Waals surface area contributed by atoms with Crippen molar-refractivity contribution >= 4 is 5.57 Å². The number of nitrogens with zero attached hydrogens (tertiary/aromatic N) is 3. The first kappa shape index (κ1) is 21.8. The van der Waals surface area contributed by atoms with Gasteiger partial charge in [0.25, 0.3) is 0 Å². The van der Waals surface area contributed by atoms with E-state index in [1.807, 2.05) is 54.9 Å². The molecule has 0 unspecified atom stereocenters. The highest BCUT2D eigenvalue weighted by Gasteiger charge is 2.35. The molecule has 1 aliphatic heterocycles. The van der Waals surface area contributed by atoms with Crippen LogP contribution in [-0.2, 0) is 4.74 Å². The summed E-state index contributed by atoms with van der Waals surface area (Å²) in [4.78, 5) is 4.98. The summed E-state index contributed by atoms with van der Waals surface area (Å²) in [5.41, 5.74) is 2.53. The first-order valence-electron chi connectivity index (χ1n) is 10.5. The predicted molar refractivity (Wildman–Crippen MR) is 122 cm³/mol. The first-order chi connectivity index (χ1) is 15.1. The van der Waals surface area contributed by atoms with Crippen LogP contribution in [0.3, 0.4) is 0 Å². The van der Waals surface area contributed by atoms with Crippen molar-refractivity contribution < 1.29 is 13.9 Å². The zero-order valence-corrected chi connectivity index (χ0v) is 18.9. The minimum Gasteiger partial charge on any atom is -0.496 e. The summed E-state index contributed by atoms with van der Waals surface area (Å²) < 4.78 is 27.6. The maximum absolute atomic E-state index is 14.0. The maximum atomic E-state index is 14.0. The number of nitriles is 1. The summed E-state index contributed by atoms with van der Waals surface area (Å²) in [6.45, 7) is 8.20. The number of ether oxygens (including phenoxy) is 2. The molecule has 0 saturated carbocycles. The van der Waals surface area contributed by atoms with E-state index in [-0.39, 0.29) is 11.2 Å². The third kappa shape index (κ3) is 4.17. The molecule has 1 aromatic heterocycles. The normalized spacial score (nSPS) is 16.8. The van der Waals surface area contributed by atoms with Crippen molar-refractivity contribution in [2.75, 3.05) is 7.11 Å². The van der Waals surface area contributed by atoms with E-state index in [9.17, 15) is 9.65 Å². The molecule has 0 fully saturated rings. The molecule has 2 heterocycles. The molecule has 4 rings (SSSR count). The van der Waals surface area contributed by atoms with E-state index < -0.39 is 11.4 Å². The summed E-state index contributed by atoms with van der Waals surface area (Å²) >= 11 is 0. The number of hydrogen-bond donors (Lipinski definition) is 0. The van der Waals surface area contributed by atoms with Gasteiger partial charge in [-0.3, -0.25) is 4.57 Å². The number of para-hydroxylation sites is 1. The van der Waals surface area contributed by atoms with Crippen LogP contribution in [0, 0.1) is 17.1 Å². The Morgan fingerprint density at radius 1 is 1.16 bits per heavy atom. The van der Waals surface area contributed by atoms with Gasteiger partial charge in [-0.15, -0.1) is 0 Å². The molecule has 1 aliphatic rings. The van der Waals surface area contributed by atoms with Gasteiger partial charge < -0.3 is 9.47 Å². The van der Waals surface area contributed by atoms with Gasteiger partial charge >= 0.3 is 0 Å². The summed E-state index contributed by atoms with van der Waals surface area (Å²) in [6.07, 6.45) is 4.73. The molecule has 0 radical (unpaired) electrons. The van der Waals surface area contributed by atoms with Gasteiger partial charge in [-0.05, 0) is 69.7 Å². The highest BCUT2D eigenvalue weighted by Crippen LogP contribution is 2.40. The lowest BCUT2D eigenvalue weighted by Crippen LogP contribution is -2.39. The Balaban J connectivity index is 1.94. The molecule has 0 N–H and O–H groups in total. The molecule has 5 nitrogen and oxygen atoms in total. The first-order valence-corrected chi connectivity index (χ1v) is 10.5. The van der Waals surface area contributed by atoms with Gasteiger partial charge in [-0.25, -0.2) is 9.37 Å². The fourth-order valence-electron chi connectivity index (χ4n) is 4.37. The summed E-state index contributed by atoms with van der Waals surface area (Å²) in [7, 11) is 1.62. The van der Waals surface area contributed by atoms with E-state index >= 15 is 0 Å². The standard InChI is InChI=1S/C26H26FN3O2/c1-25(2)13-18(14-26(3,4)32-25)22-16-30(19-10-11-21(27)17(12-19)15-28)24(29-22)20-8-6-7-9-23(20)31-5/h6-13,16H,14H2,1-5H3. The van der Waals surface area contributed by atoms with Gasteiger partial charge in [0, 0.05) is 18.3 Å². The Bertz CT molecular complexity index is 1250. The minimum absolute atomic E-state index is 0.0173. The van der Waals surface area contributed by atoms with Crippen molar-refractivity contribution in [2.45, 2.75) is 45.3 Å². The van der Waals surface area contributed by atoms with Crippen LogP contribution in [0.1, 0.15) is 45.4 Å². The number of halogens is 1. The molecule has 164 valence electrons. The Labute approximate surface area is 187 Å². The smallest absolute Gasteiger partial charge is 0.148 e. The quantitative estimate of drug-likeness (QED) is 0.514. The predicted octanol–water partition coefficient (Wildman–Crippen LogP) is 5.92. The van der Waals surface area contributed by atoms with Gasteiger partial charge in [0.1, 0.15) is 23.5 Å². The molecule has 2 aromatic carbocycles. The van der Waals surface area contributed by atoms with Crippen LogP contribution in [0.25, 0.3) is 22.6 Å². The van der Waals surface area contributed by atoms with Gasteiger partial charge in [0.05, 0.1) is 35.1 Å². The molecule has 0 amide bonds. The summed E-state index contributed by atoms with van der Waals surface area (Å²) in [6, 6.07) is 14.0. The van der Waals surface area contributed by atoms with Gasteiger partial charge in [-0.1, -0.05) is 12.1 Å². The van der Waals surface area contributed by atoms with Gasteiger partial charge in [0.15, 0.2) is 0 Å². The maximum Gasteiger partial charge on any atom is 0.148 e. The average Bonchev–Trinajstić information content (AvgIpc) is 3.17. The van der Waals surface area contributed by atoms with Crippen molar-refractivity contribution in [3.63, 3.8) is 0 Å². The fourth-order valence-corrected chi connectivity index (χ4v) is 4.37. The molecule has 0 saturated heterocycles. The zero-order chi connectivity index (χ0) is 23.1. The van der Waals surface area contributed by atoms with Crippen LogP contribution in [0.15, 0.2) is 54.7 Å². The monoisotopic (exact) mass is 431 g/mol. The van der Waals surface area contributed by atoms with E-state index in [0.717, 1.165) is 16.8 Å². The number of hydrogen-bond acceptors (Lipinski definition) is 4. The average molecular weight is 432 g/mol. The Morgan fingerprint density at radius 2 is 1.91 bits per heavy atom. The molecule has 3 aromatic rings. The molecule has 0 atom stereocenters. The van der Waals surface area contributed by atoms with E-state index in [0.29, 0.717) is 23.7 Å². The summed E-state index contributed by atoms with van der Waals surface area (Å²) in [5, 5.41) is 9.32. The second-order valence-electron chi connectivity index (χ2n) is 9.11. The highest BCUT2D eigenvalue weighted by atomic mass is 19.1. The number of rotatable bonds is 4. The van der Waals surface area contributed by atoms with E-state index in [4.69, 9.17) is 14.5 Å². The molecule has 0 bridgehead atoms. The van der Waals surface area contributed by atoms with Crippen molar-refractivity contribution in [1.29, 1.82) is 5.26 Å². The number of imidazole rings is 1. The molecule has 0 spiro atoms. The van der Waals surface area contributed by atoms with Crippen LogP contribution in [0.5, 0.6) is 5.75 Å².